The lowest BCUT2D eigenvalue weighted by molar-refractivity contribution is 0.105. The Labute approximate surface area is 82.4 Å². The van der Waals surface area contributed by atoms with Gasteiger partial charge in [0.15, 0.2) is 0 Å². The standard InChI is InChI=1S/C11H11NO2/c1-14-12-10-7-6-8-4-2-3-5-9(8)11(10)13/h2-5H,6-7H2,1H3. The van der Waals surface area contributed by atoms with E-state index in [0.29, 0.717) is 12.1 Å². The molecule has 0 N–H and O–H groups in total. The molecule has 14 heavy (non-hydrogen) atoms. The molecule has 3 nitrogen and oxygen atoms in total. The van der Waals surface area contributed by atoms with Gasteiger partial charge in [0, 0.05) is 12.0 Å². The summed E-state index contributed by atoms with van der Waals surface area (Å²) in [6.07, 6.45) is 1.54. The average molecular weight is 189 g/mol. The number of carbonyl (C=O) groups excluding carboxylic acids is 1. The van der Waals surface area contributed by atoms with E-state index in [-0.39, 0.29) is 5.78 Å². The molecule has 0 saturated carbocycles. The second-order valence-corrected chi connectivity index (χ2v) is 3.21. The minimum absolute atomic E-state index is 0.00583. The first-order valence-electron chi connectivity index (χ1n) is 4.55. The van der Waals surface area contributed by atoms with Crippen LogP contribution in [0.4, 0.5) is 0 Å². The van der Waals surface area contributed by atoms with Gasteiger partial charge in [-0.15, -0.1) is 0 Å². The molecule has 3 heteroatoms. The van der Waals surface area contributed by atoms with Crippen LogP contribution in [0.2, 0.25) is 0 Å². The SMILES string of the molecule is CON=C1CCc2ccccc2C1=O. The van der Waals surface area contributed by atoms with Crippen molar-refractivity contribution < 1.29 is 9.63 Å². The molecule has 72 valence electrons. The molecule has 0 saturated heterocycles. The van der Waals surface area contributed by atoms with E-state index in [1.165, 1.54) is 7.11 Å². The Morgan fingerprint density at radius 2 is 2.07 bits per heavy atom. The summed E-state index contributed by atoms with van der Waals surface area (Å²) in [6, 6.07) is 7.63. The van der Waals surface area contributed by atoms with Crippen molar-refractivity contribution in [3.63, 3.8) is 0 Å². The molecule has 1 aliphatic rings. The fraction of sp³-hybridized carbons (Fsp3) is 0.273. The third-order valence-electron chi connectivity index (χ3n) is 2.36. The van der Waals surface area contributed by atoms with Crippen molar-refractivity contribution in [2.24, 2.45) is 5.16 Å². The van der Waals surface area contributed by atoms with E-state index in [9.17, 15) is 4.79 Å². The monoisotopic (exact) mass is 189 g/mol. The molecule has 1 aliphatic carbocycles. The van der Waals surface area contributed by atoms with Gasteiger partial charge in [-0.05, 0) is 12.0 Å². The van der Waals surface area contributed by atoms with Gasteiger partial charge < -0.3 is 4.84 Å². The first-order chi connectivity index (χ1) is 6.83. The Kier molecular flexibility index (Phi) is 2.31. The summed E-state index contributed by atoms with van der Waals surface area (Å²) in [5, 5.41) is 3.73. The van der Waals surface area contributed by atoms with Crippen LogP contribution in [-0.4, -0.2) is 18.6 Å². The number of Topliss-reactive ketones (excluding diaryl/α,β-unsaturated/α-hetero) is 1. The Morgan fingerprint density at radius 1 is 1.29 bits per heavy atom. The van der Waals surface area contributed by atoms with Gasteiger partial charge in [0.2, 0.25) is 5.78 Å². The smallest absolute Gasteiger partial charge is 0.210 e. The van der Waals surface area contributed by atoms with E-state index >= 15 is 0 Å². The van der Waals surface area contributed by atoms with Crippen molar-refractivity contribution in [3.05, 3.63) is 35.4 Å². The molecule has 0 unspecified atom stereocenters. The summed E-state index contributed by atoms with van der Waals surface area (Å²) in [4.78, 5) is 16.4. The lowest BCUT2D eigenvalue weighted by Crippen LogP contribution is -2.22. The predicted molar refractivity (Wildman–Crippen MR) is 53.5 cm³/mol. The lowest BCUT2D eigenvalue weighted by atomic mass is 9.89. The number of benzene rings is 1. The first kappa shape index (κ1) is 8.94. The molecule has 0 atom stereocenters. The van der Waals surface area contributed by atoms with Gasteiger partial charge in [0.05, 0.1) is 0 Å². The molecule has 0 spiro atoms. The minimum atomic E-state index is -0.00583. The number of aryl methyl sites for hydroxylation is 1. The third kappa shape index (κ3) is 1.41. The highest BCUT2D eigenvalue weighted by molar-refractivity contribution is 6.47. The molecule has 0 aliphatic heterocycles. The number of oxime groups is 1. The molecule has 1 aromatic rings. The Balaban J connectivity index is 2.41. The van der Waals surface area contributed by atoms with Gasteiger partial charge in [0.1, 0.15) is 12.8 Å². The van der Waals surface area contributed by atoms with Crippen LogP contribution in [0.3, 0.4) is 0 Å². The van der Waals surface area contributed by atoms with Crippen LogP contribution >= 0.6 is 0 Å². The molecule has 0 aromatic heterocycles. The lowest BCUT2D eigenvalue weighted by Gasteiger charge is -2.14. The summed E-state index contributed by atoms with van der Waals surface area (Å²) >= 11 is 0. The number of nitrogens with zero attached hydrogens (tertiary/aromatic N) is 1. The van der Waals surface area contributed by atoms with Crippen LogP contribution in [0.15, 0.2) is 29.4 Å². The van der Waals surface area contributed by atoms with Crippen LogP contribution < -0.4 is 0 Å². The predicted octanol–water partition coefficient (Wildman–Crippen LogP) is 1.82. The van der Waals surface area contributed by atoms with Crippen LogP contribution in [0.5, 0.6) is 0 Å². The zero-order chi connectivity index (χ0) is 9.97. The largest absolute Gasteiger partial charge is 0.399 e. The number of fused-ring (bicyclic) bond motifs is 1. The quantitative estimate of drug-likeness (QED) is 0.632. The van der Waals surface area contributed by atoms with Gasteiger partial charge in [-0.2, -0.15) is 0 Å². The maximum atomic E-state index is 11.8. The highest BCUT2D eigenvalue weighted by Gasteiger charge is 2.22. The van der Waals surface area contributed by atoms with E-state index in [1.807, 2.05) is 24.3 Å². The maximum absolute atomic E-state index is 11.8. The third-order valence-corrected chi connectivity index (χ3v) is 2.36. The summed E-state index contributed by atoms with van der Waals surface area (Å²) in [7, 11) is 1.46. The van der Waals surface area contributed by atoms with Crippen molar-refractivity contribution in [2.75, 3.05) is 7.11 Å². The second kappa shape index (κ2) is 3.62. The maximum Gasteiger partial charge on any atom is 0.210 e. The van der Waals surface area contributed by atoms with Crippen molar-refractivity contribution in [3.8, 4) is 0 Å². The number of ketones is 1. The summed E-state index contributed by atoms with van der Waals surface area (Å²) in [5.41, 5.74) is 2.38. The fourth-order valence-electron chi connectivity index (χ4n) is 1.68. The topological polar surface area (TPSA) is 38.7 Å². The molecule has 1 aromatic carbocycles. The van der Waals surface area contributed by atoms with Crippen molar-refractivity contribution in [2.45, 2.75) is 12.8 Å². The Hall–Kier alpha value is -1.64. The second-order valence-electron chi connectivity index (χ2n) is 3.21. The molecular weight excluding hydrogens is 178 g/mol. The van der Waals surface area contributed by atoms with Gasteiger partial charge in [-0.25, -0.2) is 0 Å². The van der Waals surface area contributed by atoms with Crippen LogP contribution in [-0.2, 0) is 11.3 Å². The molecule has 2 rings (SSSR count). The van der Waals surface area contributed by atoms with Crippen molar-refractivity contribution in [1.82, 2.24) is 0 Å². The molecular formula is C11H11NO2. The van der Waals surface area contributed by atoms with Gasteiger partial charge in [-0.3, -0.25) is 4.79 Å². The molecule has 0 radical (unpaired) electrons. The molecule has 0 amide bonds. The van der Waals surface area contributed by atoms with Crippen molar-refractivity contribution >= 4 is 11.5 Å². The van der Waals surface area contributed by atoms with Gasteiger partial charge >= 0.3 is 0 Å². The normalized spacial score (nSPS) is 18.1. The summed E-state index contributed by atoms with van der Waals surface area (Å²) in [6.45, 7) is 0. The zero-order valence-electron chi connectivity index (χ0n) is 7.99. The minimum Gasteiger partial charge on any atom is -0.399 e. The Bertz CT molecular complexity index is 396. The average Bonchev–Trinajstić information content (AvgIpc) is 2.23. The number of carbonyl (C=O) groups is 1. The fourth-order valence-corrected chi connectivity index (χ4v) is 1.68. The highest BCUT2D eigenvalue weighted by atomic mass is 16.6. The van der Waals surface area contributed by atoms with Gasteiger partial charge in [-0.1, -0.05) is 29.4 Å². The number of hydrogen-bond donors (Lipinski definition) is 0. The number of hydrogen-bond acceptors (Lipinski definition) is 3. The summed E-state index contributed by atoms with van der Waals surface area (Å²) < 4.78 is 0. The highest BCUT2D eigenvalue weighted by Crippen LogP contribution is 2.19. The summed E-state index contributed by atoms with van der Waals surface area (Å²) in [5.74, 6) is -0.00583. The van der Waals surface area contributed by atoms with Gasteiger partial charge in [0.25, 0.3) is 0 Å². The molecule has 0 fully saturated rings. The Morgan fingerprint density at radius 3 is 2.86 bits per heavy atom. The molecule has 0 heterocycles. The van der Waals surface area contributed by atoms with Crippen LogP contribution in [0.25, 0.3) is 0 Å². The van der Waals surface area contributed by atoms with E-state index in [4.69, 9.17) is 0 Å². The van der Waals surface area contributed by atoms with Crippen molar-refractivity contribution in [1.29, 1.82) is 0 Å². The van der Waals surface area contributed by atoms with E-state index in [0.717, 1.165) is 17.5 Å². The number of rotatable bonds is 1. The van der Waals surface area contributed by atoms with E-state index < -0.39 is 0 Å². The molecule has 0 bridgehead atoms. The van der Waals surface area contributed by atoms with Crippen LogP contribution in [0, 0.1) is 0 Å². The first-order valence-corrected chi connectivity index (χ1v) is 4.55. The van der Waals surface area contributed by atoms with E-state index in [2.05, 4.69) is 9.99 Å². The van der Waals surface area contributed by atoms with E-state index in [1.54, 1.807) is 0 Å². The zero-order valence-corrected chi connectivity index (χ0v) is 7.99. The van der Waals surface area contributed by atoms with Crippen LogP contribution in [0.1, 0.15) is 22.3 Å².